The van der Waals surface area contributed by atoms with Gasteiger partial charge in [-0.2, -0.15) is 0 Å². The predicted molar refractivity (Wildman–Crippen MR) is 108 cm³/mol. The van der Waals surface area contributed by atoms with Crippen LogP contribution in [0.3, 0.4) is 0 Å². The summed E-state index contributed by atoms with van der Waals surface area (Å²) >= 11 is 0. The van der Waals surface area contributed by atoms with Crippen molar-refractivity contribution in [2.75, 3.05) is 6.61 Å². The van der Waals surface area contributed by atoms with E-state index in [1.165, 1.54) is 4.90 Å². The number of aliphatic hydroxyl groups excluding tert-OH is 1. The fraction of sp³-hybridized carbons (Fsp3) is 0.318. The molecule has 2 aromatic carbocycles. The van der Waals surface area contributed by atoms with Crippen LogP contribution in [0.4, 0.5) is 4.79 Å². The number of rotatable bonds is 9. The van der Waals surface area contributed by atoms with Crippen LogP contribution < -0.4 is 10.6 Å². The lowest BCUT2D eigenvalue weighted by atomic mass is 10.1. The van der Waals surface area contributed by atoms with Crippen molar-refractivity contribution in [3.8, 4) is 0 Å². The second-order valence-electron chi connectivity index (χ2n) is 7.09. The summed E-state index contributed by atoms with van der Waals surface area (Å²) in [7, 11) is 0. The molecule has 0 radical (unpaired) electrons. The summed E-state index contributed by atoms with van der Waals surface area (Å²) in [6.45, 7) is 0.0302. The normalized spacial score (nSPS) is 17.1. The Morgan fingerprint density at radius 3 is 2.28 bits per heavy atom. The van der Waals surface area contributed by atoms with Gasteiger partial charge in [0.25, 0.3) is 5.91 Å². The van der Waals surface area contributed by atoms with E-state index in [9.17, 15) is 19.5 Å². The van der Waals surface area contributed by atoms with Gasteiger partial charge in [-0.05, 0) is 24.0 Å². The van der Waals surface area contributed by atoms with Crippen molar-refractivity contribution >= 4 is 17.8 Å². The van der Waals surface area contributed by atoms with Crippen molar-refractivity contribution in [1.29, 1.82) is 0 Å². The van der Waals surface area contributed by atoms with Crippen LogP contribution in [-0.4, -0.2) is 46.5 Å². The van der Waals surface area contributed by atoms with Gasteiger partial charge < -0.3 is 15.7 Å². The molecule has 1 fully saturated rings. The standard InChI is InChI=1S/C22H25N3O4/c26-15-18(13-16-7-3-1-4-8-16)23-20(27)12-11-19-21(28)25(22(29)24-19)14-17-9-5-2-6-10-17/h1-10,18-19,26H,11-15H2,(H,23,27)(H,24,29)/t18-,19+/m0/s1. The average molecular weight is 395 g/mol. The molecule has 3 N–H and O–H groups in total. The van der Waals surface area contributed by atoms with Gasteiger partial charge in [0.1, 0.15) is 6.04 Å². The minimum absolute atomic E-state index is 0.0845. The molecule has 2 atom stereocenters. The van der Waals surface area contributed by atoms with Gasteiger partial charge in [-0.3, -0.25) is 14.5 Å². The second-order valence-corrected chi connectivity index (χ2v) is 7.09. The van der Waals surface area contributed by atoms with Crippen LogP contribution in [-0.2, 0) is 22.6 Å². The fourth-order valence-corrected chi connectivity index (χ4v) is 3.32. The Kier molecular flexibility index (Phi) is 6.97. The minimum Gasteiger partial charge on any atom is -0.394 e. The van der Waals surface area contributed by atoms with E-state index in [4.69, 9.17) is 0 Å². The number of carbonyl (C=O) groups is 3. The molecule has 0 aliphatic carbocycles. The van der Waals surface area contributed by atoms with Gasteiger partial charge in [-0.25, -0.2) is 4.79 Å². The summed E-state index contributed by atoms with van der Waals surface area (Å²) in [5.74, 6) is -0.585. The Bertz CT molecular complexity index is 842. The Morgan fingerprint density at radius 1 is 1.03 bits per heavy atom. The maximum atomic E-state index is 12.5. The van der Waals surface area contributed by atoms with Crippen LogP contribution >= 0.6 is 0 Å². The number of imide groups is 1. The molecule has 3 rings (SSSR count). The van der Waals surface area contributed by atoms with E-state index in [1.54, 1.807) is 0 Å². The summed E-state index contributed by atoms with van der Waals surface area (Å²) in [6, 6.07) is 17.3. The van der Waals surface area contributed by atoms with Crippen molar-refractivity contribution in [3.63, 3.8) is 0 Å². The SMILES string of the molecule is O=C(CC[C@H]1NC(=O)N(Cc2ccccc2)C1=O)N[C@H](CO)Cc1ccccc1. The van der Waals surface area contributed by atoms with Crippen molar-refractivity contribution in [1.82, 2.24) is 15.5 Å². The predicted octanol–water partition coefficient (Wildman–Crippen LogP) is 1.61. The molecule has 0 spiro atoms. The number of urea groups is 1. The van der Waals surface area contributed by atoms with E-state index in [0.29, 0.717) is 6.42 Å². The summed E-state index contributed by atoms with van der Waals surface area (Å²) in [5, 5.41) is 15.0. The highest BCUT2D eigenvalue weighted by atomic mass is 16.3. The molecule has 1 saturated heterocycles. The zero-order chi connectivity index (χ0) is 20.6. The molecule has 1 heterocycles. The van der Waals surface area contributed by atoms with E-state index in [2.05, 4.69) is 10.6 Å². The molecule has 152 valence electrons. The Labute approximate surface area is 169 Å². The van der Waals surface area contributed by atoms with E-state index in [-0.39, 0.29) is 37.8 Å². The zero-order valence-electron chi connectivity index (χ0n) is 16.1. The lowest BCUT2D eigenvalue weighted by Crippen LogP contribution is -2.40. The average Bonchev–Trinajstić information content (AvgIpc) is 3.01. The maximum Gasteiger partial charge on any atom is 0.325 e. The minimum atomic E-state index is -0.710. The van der Waals surface area contributed by atoms with Crippen LogP contribution in [0.5, 0.6) is 0 Å². The highest BCUT2D eigenvalue weighted by Crippen LogP contribution is 2.15. The van der Waals surface area contributed by atoms with Crippen molar-refractivity contribution in [2.45, 2.75) is 37.9 Å². The third-order valence-corrected chi connectivity index (χ3v) is 4.86. The van der Waals surface area contributed by atoms with Gasteiger partial charge in [-0.1, -0.05) is 60.7 Å². The molecule has 0 bridgehead atoms. The third-order valence-electron chi connectivity index (χ3n) is 4.86. The molecular formula is C22H25N3O4. The molecule has 7 heteroatoms. The Morgan fingerprint density at radius 2 is 1.66 bits per heavy atom. The number of nitrogens with zero attached hydrogens (tertiary/aromatic N) is 1. The van der Waals surface area contributed by atoms with E-state index in [1.807, 2.05) is 60.7 Å². The van der Waals surface area contributed by atoms with E-state index in [0.717, 1.165) is 11.1 Å². The summed E-state index contributed by atoms with van der Waals surface area (Å²) < 4.78 is 0. The molecule has 1 aliphatic heterocycles. The van der Waals surface area contributed by atoms with Gasteiger partial charge in [0, 0.05) is 6.42 Å². The molecule has 4 amide bonds. The molecule has 7 nitrogen and oxygen atoms in total. The summed E-state index contributed by atoms with van der Waals surface area (Å²) in [6.07, 6.45) is 0.819. The number of hydrogen-bond donors (Lipinski definition) is 3. The van der Waals surface area contributed by atoms with E-state index >= 15 is 0 Å². The van der Waals surface area contributed by atoms with Gasteiger partial charge in [-0.15, -0.1) is 0 Å². The number of hydrogen-bond acceptors (Lipinski definition) is 4. The topological polar surface area (TPSA) is 98.7 Å². The van der Waals surface area contributed by atoms with E-state index < -0.39 is 18.1 Å². The number of nitrogens with one attached hydrogen (secondary N) is 2. The summed E-state index contributed by atoms with van der Waals surface area (Å²) in [5.41, 5.74) is 1.88. The van der Waals surface area contributed by atoms with Gasteiger partial charge >= 0.3 is 6.03 Å². The molecule has 0 aromatic heterocycles. The van der Waals surface area contributed by atoms with Crippen molar-refractivity contribution in [2.24, 2.45) is 0 Å². The van der Waals surface area contributed by atoms with Crippen LogP contribution in [0.1, 0.15) is 24.0 Å². The zero-order valence-corrected chi connectivity index (χ0v) is 16.1. The Hall–Kier alpha value is -3.19. The second kappa shape index (κ2) is 9.84. The number of aliphatic hydroxyl groups is 1. The van der Waals surface area contributed by atoms with Crippen LogP contribution in [0.2, 0.25) is 0 Å². The maximum absolute atomic E-state index is 12.5. The van der Waals surface area contributed by atoms with Crippen molar-refractivity contribution in [3.05, 3.63) is 71.8 Å². The van der Waals surface area contributed by atoms with Gasteiger partial charge in [0.2, 0.25) is 5.91 Å². The largest absolute Gasteiger partial charge is 0.394 e. The monoisotopic (exact) mass is 395 g/mol. The highest BCUT2D eigenvalue weighted by molar-refractivity contribution is 6.04. The molecule has 29 heavy (non-hydrogen) atoms. The highest BCUT2D eigenvalue weighted by Gasteiger charge is 2.37. The Balaban J connectivity index is 1.48. The molecule has 0 unspecified atom stereocenters. The first-order valence-corrected chi connectivity index (χ1v) is 9.66. The lowest BCUT2D eigenvalue weighted by Gasteiger charge is -2.17. The van der Waals surface area contributed by atoms with Crippen molar-refractivity contribution < 1.29 is 19.5 Å². The summed E-state index contributed by atoms with van der Waals surface area (Å²) in [4.78, 5) is 38.1. The van der Waals surface area contributed by atoms with Crippen LogP contribution in [0, 0.1) is 0 Å². The number of carbonyl (C=O) groups excluding carboxylic acids is 3. The van der Waals surface area contributed by atoms with Crippen LogP contribution in [0.15, 0.2) is 60.7 Å². The van der Waals surface area contributed by atoms with Crippen LogP contribution in [0.25, 0.3) is 0 Å². The third kappa shape index (κ3) is 5.65. The first-order valence-electron chi connectivity index (χ1n) is 9.66. The molecule has 0 saturated carbocycles. The number of amides is 4. The first-order chi connectivity index (χ1) is 14.1. The lowest BCUT2D eigenvalue weighted by molar-refractivity contribution is -0.128. The molecular weight excluding hydrogens is 370 g/mol. The smallest absolute Gasteiger partial charge is 0.325 e. The van der Waals surface area contributed by atoms with Gasteiger partial charge in [0.05, 0.1) is 19.2 Å². The number of benzene rings is 2. The molecule has 1 aliphatic rings. The van der Waals surface area contributed by atoms with Gasteiger partial charge in [0.15, 0.2) is 0 Å². The quantitative estimate of drug-likeness (QED) is 0.562. The fourth-order valence-electron chi connectivity index (χ4n) is 3.32. The first kappa shape index (κ1) is 20.5. The molecule has 2 aromatic rings.